The van der Waals surface area contributed by atoms with E-state index in [0.717, 1.165) is 35.2 Å². The Balaban J connectivity index is 1.20. The summed E-state index contributed by atoms with van der Waals surface area (Å²) in [6.07, 6.45) is 2.98. The molecule has 2 aromatic carbocycles. The summed E-state index contributed by atoms with van der Waals surface area (Å²) in [5, 5.41) is 3.76. The van der Waals surface area contributed by atoms with Crippen LogP contribution < -0.4 is 10.2 Å². The lowest BCUT2D eigenvalue weighted by atomic mass is 10.1. The van der Waals surface area contributed by atoms with Gasteiger partial charge in [0.05, 0.1) is 47.3 Å². The summed E-state index contributed by atoms with van der Waals surface area (Å²) in [5.41, 5.74) is 5.46. The number of nitrogens with one attached hydrogen (secondary N) is 1. The van der Waals surface area contributed by atoms with E-state index in [4.69, 9.17) is 9.72 Å². The molecule has 2 aliphatic heterocycles. The molecule has 188 valence electrons. The molecule has 1 amide bonds. The number of hydrogen-bond donors (Lipinski definition) is 1. The Bertz CT molecular complexity index is 1620. The summed E-state index contributed by atoms with van der Waals surface area (Å²) in [5.74, 6) is -0.460. The van der Waals surface area contributed by atoms with Gasteiger partial charge in [0.15, 0.2) is 9.84 Å². The summed E-state index contributed by atoms with van der Waals surface area (Å²) >= 11 is 0. The van der Waals surface area contributed by atoms with Gasteiger partial charge in [0, 0.05) is 41.5 Å². The molecule has 0 unspecified atom stereocenters. The van der Waals surface area contributed by atoms with Crippen molar-refractivity contribution in [2.24, 2.45) is 0 Å². The van der Waals surface area contributed by atoms with E-state index in [1.807, 2.05) is 18.2 Å². The third-order valence-corrected chi connectivity index (χ3v) is 8.60. The maximum atomic E-state index is 12.8. The number of fused-ring (bicyclic) bond motifs is 2. The first-order valence-corrected chi connectivity index (χ1v) is 13.9. The zero-order valence-electron chi connectivity index (χ0n) is 20.2. The van der Waals surface area contributed by atoms with Crippen LogP contribution >= 0.6 is 0 Å². The third-order valence-electron chi connectivity index (χ3n) is 6.84. The number of nitrogens with zero attached hydrogens (tertiary/aromatic N) is 3. The molecule has 2 aliphatic rings. The fraction of sp³-hybridized carbons (Fsp3) is 0.250. The Kier molecular flexibility index (Phi) is 6.10. The number of anilines is 1. The number of ether oxygens (including phenoxy) is 1. The van der Waals surface area contributed by atoms with Crippen LogP contribution in [-0.4, -0.2) is 49.7 Å². The van der Waals surface area contributed by atoms with Crippen molar-refractivity contribution in [2.75, 3.05) is 30.3 Å². The van der Waals surface area contributed by atoms with Gasteiger partial charge in [0.1, 0.15) is 0 Å². The minimum atomic E-state index is -3.49. The number of amides is 1. The Morgan fingerprint density at radius 2 is 1.95 bits per heavy atom. The number of carbonyl (C=O) groups excluding carboxylic acids is 1. The summed E-state index contributed by atoms with van der Waals surface area (Å²) in [4.78, 5) is 24.7. The van der Waals surface area contributed by atoms with Gasteiger partial charge in [-0.3, -0.25) is 9.78 Å². The van der Waals surface area contributed by atoms with Crippen LogP contribution in [0.25, 0.3) is 22.2 Å². The summed E-state index contributed by atoms with van der Waals surface area (Å²) < 4.78 is 30.4. The van der Waals surface area contributed by atoms with E-state index in [-0.39, 0.29) is 41.9 Å². The quantitative estimate of drug-likeness (QED) is 0.433. The second-order valence-corrected chi connectivity index (χ2v) is 11.4. The number of rotatable bonds is 5. The molecule has 4 heterocycles. The normalized spacial score (nSPS) is 16.5. The van der Waals surface area contributed by atoms with Crippen molar-refractivity contribution in [3.05, 3.63) is 83.7 Å². The number of carbonyl (C=O) groups is 1. The fourth-order valence-electron chi connectivity index (χ4n) is 4.59. The SMILES string of the molecule is O=C(NCc1cc2nc(-c3cccc(N4CCC4)c3)ccc2cn1)c1ccc2c(c1)S(=O)(=O)CCOC2. The maximum Gasteiger partial charge on any atom is 0.251 e. The Morgan fingerprint density at radius 3 is 2.78 bits per heavy atom. The molecule has 0 atom stereocenters. The van der Waals surface area contributed by atoms with E-state index in [0.29, 0.717) is 11.3 Å². The van der Waals surface area contributed by atoms with Crippen LogP contribution in [0, 0.1) is 0 Å². The van der Waals surface area contributed by atoms with E-state index in [1.54, 1.807) is 18.3 Å². The molecular weight excluding hydrogens is 488 g/mol. The molecule has 2 aromatic heterocycles. The van der Waals surface area contributed by atoms with Crippen molar-refractivity contribution in [3.63, 3.8) is 0 Å². The molecule has 8 nitrogen and oxygen atoms in total. The third kappa shape index (κ3) is 4.80. The van der Waals surface area contributed by atoms with Gasteiger partial charge in [-0.25, -0.2) is 13.4 Å². The van der Waals surface area contributed by atoms with E-state index >= 15 is 0 Å². The standard InChI is InChI=1S/C28H26N4O4S/c33-28(20-5-6-22-18-36-11-12-37(34,35)27(22)14-20)30-17-23-15-26-21(16-29-23)7-8-25(31-26)19-3-1-4-24(13-19)32-9-2-10-32/h1,3-8,13-16H,2,9-12,17-18H2,(H,30,33). The summed E-state index contributed by atoms with van der Waals surface area (Å²) in [6.45, 7) is 2.73. The zero-order valence-corrected chi connectivity index (χ0v) is 21.0. The molecule has 1 fully saturated rings. The molecule has 9 heteroatoms. The number of benzene rings is 2. The van der Waals surface area contributed by atoms with Crippen LogP contribution in [0.2, 0.25) is 0 Å². The number of hydrogen-bond acceptors (Lipinski definition) is 7. The predicted octanol–water partition coefficient (Wildman–Crippen LogP) is 3.74. The van der Waals surface area contributed by atoms with Gasteiger partial charge >= 0.3 is 0 Å². The highest BCUT2D eigenvalue weighted by atomic mass is 32.2. The predicted molar refractivity (Wildman–Crippen MR) is 141 cm³/mol. The highest BCUT2D eigenvalue weighted by Crippen LogP contribution is 2.28. The number of pyridine rings is 2. The van der Waals surface area contributed by atoms with Crippen molar-refractivity contribution in [1.82, 2.24) is 15.3 Å². The maximum absolute atomic E-state index is 12.8. The van der Waals surface area contributed by atoms with Crippen molar-refractivity contribution in [3.8, 4) is 11.3 Å². The summed E-state index contributed by atoms with van der Waals surface area (Å²) in [6, 6.07) is 19.0. The molecular formula is C28H26N4O4S. The van der Waals surface area contributed by atoms with Crippen molar-refractivity contribution < 1.29 is 17.9 Å². The van der Waals surface area contributed by atoms with Crippen molar-refractivity contribution in [2.45, 2.75) is 24.5 Å². The highest BCUT2D eigenvalue weighted by molar-refractivity contribution is 7.91. The van der Waals surface area contributed by atoms with Crippen molar-refractivity contribution >= 4 is 32.3 Å². The van der Waals surface area contributed by atoms with Gasteiger partial charge in [-0.15, -0.1) is 0 Å². The second-order valence-electron chi connectivity index (χ2n) is 9.33. The van der Waals surface area contributed by atoms with Crippen LogP contribution in [-0.2, 0) is 27.7 Å². The molecule has 37 heavy (non-hydrogen) atoms. The van der Waals surface area contributed by atoms with Crippen LogP contribution in [0.1, 0.15) is 28.0 Å². The average Bonchev–Trinajstić information content (AvgIpc) is 3.03. The van der Waals surface area contributed by atoms with Crippen LogP contribution in [0.15, 0.2) is 71.8 Å². The lowest BCUT2D eigenvalue weighted by molar-refractivity contribution is 0.0950. The fourth-order valence-corrected chi connectivity index (χ4v) is 5.98. The highest BCUT2D eigenvalue weighted by Gasteiger charge is 2.23. The molecule has 0 bridgehead atoms. The molecule has 4 aromatic rings. The Labute approximate surface area is 215 Å². The lowest BCUT2D eigenvalue weighted by Gasteiger charge is -2.33. The number of sulfone groups is 1. The summed E-state index contributed by atoms with van der Waals surface area (Å²) in [7, 11) is -3.49. The Morgan fingerprint density at radius 1 is 1.05 bits per heavy atom. The molecule has 0 spiro atoms. The molecule has 0 radical (unpaired) electrons. The molecule has 1 N–H and O–H groups in total. The molecule has 1 saturated heterocycles. The number of aromatic nitrogens is 2. The minimum absolute atomic E-state index is 0.0936. The van der Waals surface area contributed by atoms with Gasteiger partial charge in [0.25, 0.3) is 5.91 Å². The van der Waals surface area contributed by atoms with Crippen LogP contribution in [0.3, 0.4) is 0 Å². The lowest BCUT2D eigenvalue weighted by Crippen LogP contribution is -2.36. The largest absolute Gasteiger partial charge is 0.376 e. The van der Waals surface area contributed by atoms with E-state index in [1.165, 1.54) is 18.2 Å². The first-order valence-electron chi connectivity index (χ1n) is 12.3. The van der Waals surface area contributed by atoms with Crippen molar-refractivity contribution in [1.29, 1.82) is 0 Å². The van der Waals surface area contributed by atoms with Crippen LogP contribution in [0.5, 0.6) is 0 Å². The first kappa shape index (κ1) is 23.6. The average molecular weight is 515 g/mol. The van der Waals surface area contributed by atoms with E-state index < -0.39 is 9.84 Å². The van der Waals surface area contributed by atoms with Gasteiger partial charge in [-0.05, 0) is 54.4 Å². The topological polar surface area (TPSA) is 101 Å². The molecule has 0 aliphatic carbocycles. The van der Waals surface area contributed by atoms with Gasteiger partial charge in [0.2, 0.25) is 0 Å². The van der Waals surface area contributed by atoms with Crippen LogP contribution in [0.4, 0.5) is 5.69 Å². The second kappa shape index (κ2) is 9.57. The smallest absolute Gasteiger partial charge is 0.251 e. The van der Waals surface area contributed by atoms with Gasteiger partial charge in [-0.1, -0.05) is 18.2 Å². The van der Waals surface area contributed by atoms with E-state index in [9.17, 15) is 13.2 Å². The zero-order chi connectivity index (χ0) is 25.4. The van der Waals surface area contributed by atoms with E-state index in [2.05, 4.69) is 39.5 Å². The first-order chi connectivity index (χ1) is 18.0. The minimum Gasteiger partial charge on any atom is -0.376 e. The van der Waals surface area contributed by atoms with Gasteiger partial charge < -0.3 is 15.0 Å². The monoisotopic (exact) mass is 514 g/mol. The molecule has 6 rings (SSSR count). The van der Waals surface area contributed by atoms with Gasteiger partial charge in [-0.2, -0.15) is 0 Å². The molecule has 0 saturated carbocycles. The Hall–Kier alpha value is -3.82.